The molecule has 17 heavy (non-hydrogen) atoms. The molecule has 0 N–H and O–H groups in total. The maximum Gasteiger partial charge on any atom is 0.376 e. The molecule has 0 bridgehead atoms. The number of aryl methyl sites for hydroxylation is 1. The summed E-state index contributed by atoms with van der Waals surface area (Å²) in [7, 11) is 1.31. The first-order chi connectivity index (χ1) is 8.10. The summed E-state index contributed by atoms with van der Waals surface area (Å²) in [5.41, 5.74) is 1.47. The third kappa shape index (κ3) is 2.70. The summed E-state index contributed by atoms with van der Waals surface area (Å²) in [6.07, 6.45) is 0. The van der Waals surface area contributed by atoms with Crippen molar-refractivity contribution in [2.24, 2.45) is 0 Å². The smallest absolute Gasteiger partial charge is 0.376 e. The van der Waals surface area contributed by atoms with E-state index in [0.29, 0.717) is 0 Å². The van der Waals surface area contributed by atoms with Gasteiger partial charge in [0, 0.05) is 15.5 Å². The lowest BCUT2D eigenvalue weighted by atomic mass is 10.3. The molecule has 88 valence electrons. The summed E-state index contributed by atoms with van der Waals surface area (Å²) in [5.74, 6) is -0.433. The number of hydrogen-bond donors (Lipinski definition) is 0. The number of thiophene rings is 1. The van der Waals surface area contributed by atoms with E-state index in [-0.39, 0.29) is 5.82 Å². The van der Waals surface area contributed by atoms with Gasteiger partial charge in [0.15, 0.2) is 0 Å². The number of aromatic nitrogens is 2. The average molecular weight is 313 g/mol. The fourth-order valence-electron chi connectivity index (χ4n) is 1.32. The van der Waals surface area contributed by atoms with Gasteiger partial charge in [-0.25, -0.2) is 14.8 Å². The number of nitrogens with zero attached hydrogens (tertiary/aromatic N) is 2. The number of ether oxygens (including phenoxy) is 1. The Morgan fingerprint density at radius 3 is 2.76 bits per heavy atom. The van der Waals surface area contributed by atoms with Crippen molar-refractivity contribution in [2.45, 2.75) is 6.92 Å². The van der Waals surface area contributed by atoms with Gasteiger partial charge < -0.3 is 4.74 Å². The lowest BCUT2D eigenvalue weighted by molar-refractivity contribution is 0.0586. The number of esters is 1. The third-order valence-electron chi connectivity index (χ3n) is 2.04. The molecule has 0 aliphatic carbocycles. The normalized spacial score (nSPS) is 10.3. The van der Waals surface area contributed by atoms with Gasteiger partial charge in [-0.05, 0) is 35.0 Å². The molecule has 6 heteroatoms. The highest BCUT2D eigenvalue weighted by Crippen LogP contribution is 2.28. The van der Waals surface area contributed by atoms with Crippen molar-refractivity contribution in [3.05, 3.63) is 33.5 Å². The minimum absolute atomic E-state index is 0.0898. The van der Waals surface area contributed by atoms with Crippen molar-refractivity contribution in [1.29, 1.82) is 0 Å². The van der Waals surface area contributed by atoms with E-state index in [0.717, 1.165) is 20.7 Å². The molecule has 0 saturated carbocycles. The number of halogens is 1. The van der Waals surface area contributed by atoms with Crippen LogP contribution >= 0.6 is 27.3 Å². The molecule has 0 aliphatic heterocycles. The van der Waals surface area contributed by atoms with Gasteiger partial charge >= 0.3 is 5.97 Å². The second kappa shape index (κ2) is 4.93. The van der Waals surface area contributed by atoms with E-state index in [1.165, 1.54) is 7.11 Å². The summed E-state index contributed by atoms with van der Waals surface area (Å²) < 4.78 is 5.61. The van der Waals surface area contributed by atoms with Crippen LogP contribution in [-0.2, 0) is 4.74 Å². The van der Waals surface area contributed by atoms with E-state index < -0.39 is 5.97 Å². The largest absolute Gasteiger partial charge is 0.463 e. The van der Waals surface area contributed by atoms with Crippen LogP contribution in [0.1, 0.15) is 16.3 Å². The summed E-state index contributed by atoms with van der Waals surface area (Å²) in [6.45, 7) is 1.82. The topological polar surface area (TPSA) is 52.1 Å². The minimum atomic E-state index is -0.523. The van der Waals surface area contributed by atoms with E-state index in [9.17, 15) is 4.79 Å². The van der Waals surface area contributed by atoms with Crippen molar-refractivity contribution >= 4 is 33.2 Å². The van der Waals surface area contributed by atoms with Crippen molar-refractivity contribution in [2.75, 3.05) is 7.11 Å². The number of carbonyl (C=O) groups excluding carboxylic acids is 1. The Morgan fingerprint density at radius 2 is 2.18 bits per heavy atom. The van der Waals surface area contributed by atoms with Crippen LogP contribution in [0, 0.1) is 6.92 Å². The van der Waals surface area contributed by atoms with Crippen LogP contribution in [0.3, 0.4) is 0 Å². The third-order valence-corrected chi connectivity index (χ3v) is 3.76. The Balaban J connectivity index is 2.48. The van der Waals surface area contributed by atoms with Gasteiger partial charge in [0.1, 0.15) is 0 Å². The van der Waals surface area contributed by atoms with Gasteiger partial charge in [0.2, 0.25) is 5.82 Å². The van der Waals surface area contributed by atoms with Crippen molar-refractivity contribution in [3.8, 4) is 10.6 Å². The lowest BCUT2D eigenvalue weighted by Gasteiger charge is -2.02. The summed E-state index contributed by atoms with van der Waals surface area (Å²) in [5, 5.41) is 1.96. The van der Waals surface area contributed by atoms with Crippen LogP contribution < -0.4 is 0 Å². The minimum Gasteiger partial charge on any atom is -0.463 e. The zero-order chi connectivity index (χ0) is 12.4. The molecule has 0 aliphatic rings. The van der Waals surface area contributed by atoms with Crippen LogP contribution in [0.25, 0.3) is 10.6 Å². The SMILES string of the molecule is COC(=O)c1nc(C)cc(-c2cc(Br)cs2)n1. The van der Waals surface area contributed by atoms with E-state index in [2.05, 4.69) is 30.6 Å². The second-order valence-corrected chi connectivity index (χ2v) is 5.17. The first-order valence-corrected chi connectivity index (χ1v) is 6.46. The molecular formula is C11H9BrN2O2S. The van der Waals surface area contributed by atoms with Crippen molar-refractivity contribution in [3.63, 3.8) is 0 Å². The number of methoxy groups -OCH3 is 1. The summed E-state index contributed by atoms with van der Waals surface area (Å²) >= 11 is 4.93. The molecule has 0 fully saturated rings. The molecule has 0 saturated heterocycles. The Bertz CT molecular complexity index is 568. The quantitative estimate of drug-likeness (QED) is 0.800. The molecule has 0 spiro atoms. The van der Waals surface area contributed by atoms with Crippen LogP contribution in [0.5, 0.6) is 0 Å². The number of carbonyl (C=O) groups is 1. The molecule has 0 aromatic carbocycles. The second-order valence-electron chi connectivity index (χ2n) is 3.34. The van der Waals surface area contributed by atoms with Gasteiger partial charge in [-0.3, -0.25) is 0 Å². The molecule has 2 aromatic rings. The molecule has 2 aromatic heterocycles. The van der Waals surface area contributed by atoms with Crippen LogP contribution in [0.15, 0.2) is 22.0 Å². The Morgan fingerprint density at radius 1 is 1.41 bits per heavy atom. The first kappa shape index (κ1) is 12.2. The zero-order valence-corrected chi connectivity index (χ0v) is 11.6. The number of rotatable bonds is 2. The van der Waals surface area contributed by atoms with Crippen LogP contribution in [-0.4, -0.2) is 23.0 Å². The molecule has 2 heterocycles. The van der Waals surface area contributed by atoms with E-state index in [1.54, 1.807) is 11.3 Å². The summed E-state index contributed by atoms with van der Waals surface area (Å²) in [6, 6.07) is 3.79. The lowest BCUT2D eigenvalue weighted by Crippen LogP contribution is -2.08. The Hall–Kier alpha value is -1.27. The summed E-state index contributed by atoms with van der Waals surface area (Å²) in [4.78, 5) is 20.6. The van der Waals surface area contributed by atoms with Crippen molar-refractivity contribution in [1.82, 2.24) is 9.97 Å². The molecule has 0 unspecified atom stereocenters. The fourth-order valence-corrected chi connectivity index (χ4v) is 2.71. The average Bonchev–Trinajstić information content (AvgIpc) is 2.74. The maximum atomic E-state index is 11.4. The van der Waals surface area contributed by atoms with Crippen LogP contribution in [0.2, 0.25) is 0 Å². The standard InChI is InChI=1S/C11H9BrN2O2S/c1-6-3-8(9-4-7(12)5-17-9)14-10(13-6)11(15)16-2/h3-5H,1-2H3. The molecule has 4 nitrogen and oxygen atoms in total. The highest BCUT2D eigenvalue weighted by atomic mass is 79.9. The Kier molecular flexibility index (Phi) is 3.54. The van der Waals surface area contributed by atoms with E-state index in [4.69, 9.17) is 0 Å². The van der Waals surface area contributed by atoms with Gasteiger partial charge in [-0.15, -0.1) is 11.3 Å². The van der Waals surface area contributed by atoms with E-state index >= 15 is 0 Å². The number of hydrogen-bond acceptors (Lipinski definition) is 5. The zero-order valence-electron chi connectivity index (χ0n) is 9.23. The predicted octanol–water partition coefficient (Wildman–Crippen LogP) is 3.06. The van der Waals surface area contributed by atoms with Crippen LogP contribution in [0.4, 0.5) is 0 Å². The predicted molar refractivity (Wildman–Crippen MR) is 69.1 cm³/mol. The molecule has 2 rings (SSSR count). The van der Waals surface area contributed by atoms with E-state index in [1.807, 2.05) is 24.4 Å². The Labute approximate surface area is 111 Å². The molecular weight excluding hydrogens is 304 g/mol. The highest BCUT2D eigenvalue weighted by Gasteiger charge is 2.13. The van der Waals surface area contributed by atoms with Gasteiger partial charge in [-0.1, -0.05) is 0 Å². The maximum absolute atomic E-state index is 11.4. The molecule has 0 amide bonds. The van der Waals surface area contributed by atoms with Gasteiger partial charge in [-0.2, -0.15) is 0 Å². The first-order valence-electron chi connectivity index (χ1n) is 4.78. The monoisotopic (exact) mass is 312 g/mol. The molecule has 0 atom stereocenters. The van der Waals surface area contributed by atoms with Gasteiger partial charge in [0.25, 0.3) is 0 Å². The van der Waals surface area contributed by atoms with Crippen molar-refractivity contribution < 1.29 is 9.53 Å². The fraction of sp³-hybridized carbons (Fsp3) is 0.182. The highest BCUT2D eigenvalue weighted by molar-refractivity contribution is 9.10. The molecule has 0 radical (unpaired) electrons. The van der Waals surface area contributed by atoms with Gasteiger partial charge in [0.05, 0.1) is 17.7 Å².